The third kappa shape index (κ3) is 6.61. The molecule has 1 aliphatic heterocycles. The van der Waals surface area contributed by atoms with Gasteiger partial charge in [0.1, 0.15) is 10.8 Å². The van der Waals surface area contributed by atoms with E-state index in [1.807, 2.05) is 36.4 Å². The van der Waals surface area contributed by atoms with E-state index < -0.39 is 8.38 Å². The van der Waals surface area contributed by atoms with Gasteiger partial charge in [-0.05, 0) is 51.2 Å². The number of ether oxygens (including phenoxy) is 1. The molecule has 4 rings (SSSR count). The number of halogens is 1. The van der Waals surface area contributed by atoms with Gasteiger partial charge < -0.3 is 34.2 Å². The molecule has 0 saturated carbocycles. The molecule has 0 radical (unpaired) electrons. The van der Waals surface area contributed by atoms with Crippen molar-refractivity contribution < 1.29 is 13.8 Å². The van der Waals surface area contributed by atoms with E-state index in [1.54, 1.807) is 27.5 Å². The molecule has 3 aromatic rings. The molecule has 0 atom stereocenters. The van der Waals surface area contributed by atoms with Crippen molar-refractivity contribution in [1.82, 2.24) is 14.9 Å². The normalized spacial score (nSPS) is 14.3. The van der Waals surface area contributed by atoms with Crippen LogP contribution in [-0.4, -0.2) is 69.4 Å². The number of hydrogen-bond donors (Lipinski definition) is 2. The summed E-state index contributed by atoms with van der Waals surface area (Å²) in [6, 6.07) is 14.4. The van der Waals surface area contributed by atoms with Crippen LogP contribution in [0.25, 0.3) is 0 Å². The highest BCUT2D eigenvalue weighted by Gasteiger charge is 2.23. The van der Waals surface area contributed by atoms with Gasteiger partial charge in [-0.2, -0.15) is 4.98 Å². The largest absolute Gasteiger partial charge is 0.495 e. The Morgan fingerprint density at radius 2 is 1.76 bits per heavy atom. The number of anilines is 5. The Hall–Kier alpha value is -2.68. The topological polar surface area (TPSA) is 84.0 Å². The van der Waals surface area contributed by atoms with Gasteiger partial charge in [0, 0.05) is 45.1 Å². The number of aromatic nitrogens is 2. The van der Waals surface area contributed by atoms with Crippen molar-refractivity contribution in [2.75, 3.05) is 64.0 Å². The Labute approximate surface area is 225 Å². The van der Waals surface area contributed by atoms with Crippen molar-refractivity contribution in [3.8, 4) is 5.75 Å². The molecule has 0 bridgehead atoms. The molecule has 0 spiro atoms. The summed E-state index contributed by atoms with van der Waals surface area (Å²) < 4.78 is 16.7. The number of nitrogens with one attached hydrogen (secondary N) is 2. The SMILES string of the molecule is COc1cc(Nc2ncc(Cl)c(Nc3ccccc3P(OC)OC)n2)ccc1N1CCC(N(C)C)CC1. The summed E-state index contributed by atoms with van der Waals surface area (Å²) >= 11 is 6.43. The van der Waals surface area contributed by atoms with Crippen LogP contribution >= 0.6 is 20.0 Å². The van der Waals surface area contributed by atoms with E-state index in [4.69, 9.17) is 25.4 Å². The van der Waals surface area contributed by atoms with Crippen LogP contribution in [-0.2, 0) is 9.05 Å². The molecule has 1 aliphatic rings. The predicted molar refractivity (Wildman–Crippen MR) is 153 cm³/mol. The number of hydrogen-bond acceptors (Lipinski definition) is 9. The molecule has 0 aliphatic carbocycles. The van der Waals surface area contributed by atoms with Crippen LogP contribution < -0.4 is 25.6 Å². The maximum absolute atomic E-state index is 6.43. The molecule has 11 heteroatoms. The molecule has 2 N–H and O–H groups in total. The van der Waals surface area contributed by atoms with Gasteiger partial charge in [-0.25, -0.2) is 4.98 Å². The second-order valence-electron chi connectivity index (χ2n) is 8.85. The number of rotatable bonds is 10. The van der Waals surface area contributed by atoms with Gasteiger partial charge in [0.2, 0.25) is 14.3 Å². The summed E-state index contributed by atoms with van der Waals surface area (Å²) in [7, 11) is 8.01. The van der Waals surface area contributed by atoms with Crippen LogP contribution in [0, 0.1) is 0 Å². The number of piperidine rings is 1. The van der Waals surface area contributed by atoms with Gasteiger partial charge in [0.25, 0.3) is 0 Å². The van der Waals surface area contributed by atoms with Crippen molar-refractivity contribution in [2.45, 2.75) is 18.9 Å². The van der Waals surface area contributed by atoms with E-state index in [0.717, 1.165) is 54.0 Å². The van der Waals surface area contributed by atoms with Gasteiger partial charge in [-0.15, -0.1) is 0 Å². The summed E-state index contributed by atoms with van der Waals surface area (Å²) in [4.78, 5) is 13.7. The molecule has 2 heterocycles. The van der Waals surface area contributed by atoms with E-state index in [1.165, 1.54) is 0 Å². The highest BCUT2D eigenvalue weighted by molar-refractivity contribution is 7.56. The Balaban J connectivity index is 1.51. The first-order valence-corrected chi connectivity index (χ1v) is 13.6. The maximum atomic E-state index is 6.43. The molecule has 2 aromatic carbocycles. The van der Waals surface area contributed by atoms with Crippen LogP contribution in [0.3, 0.4) is 0 Å². The highest BCUT2D eigenvalue weighted by Crippen LogP contribution is 2.39. The van der Waals surface area contributed by atoms with Gasteiger partial charge >= 0.3 is 0 Å². The second kappa shape index (κ2) is 12.7. The fraction of sp³-hybridized carbons (Fsp3) is 0.385. The molecule has 0 unspecified atom stereocenters. The lowest BCUT2D eigenvalue weighted by atomic mass is 10.0. The lowest BCUT2D eigenvalue weighted by Crippen LogP contribution is -2.42. The fourth-order valence-electron chi connectivity index (χ4n) is 4.42. The van der Waals surface area contributed by atoms with E-state index in [9.17, 15) is 0 Å². The molecular weight excluding hydrogens is 511 g/mol. The summed E-state index contributed by atoms with van der Waals surface area (Å²) in [5.41, 5.74) is 2.71. The van der Waals surface area contributed by atoms with E-state index >= 15 is 0 Å². The average molecular weight is 545 g/mol. The third-order valence-electron chi connectivity index (χ3n) is 6.40. The van der Waals surface area contributed by atoms with Crippen LogP contribution in [0.2, 0.25) is 5.02 Å². The Morgan fingerprint density at radius 1 is 1.03 bits per heavy atom. The molecular formula is C26H34ClN6O3P. The summed E-state index contributed by atoms with van der Waals surface area (Å²) in [5, 5.41) is 7.86. The molecule has 9 nitrogen and oxygen atoms in total. The number of methoxy groups -OCH3 is 1. The number of para-hydroxylation sites is 1. The summed E-state index contributed by atoms with van der Waals surface area (Å²) in [6.45, 7) is 1.99. The monoisotopic (exact) mass is 544 g/mol. The summed E-state index contributed by atoms with van der Waals surface area (Å²) in [5.74, 6) is 1.69. The second-order valence-corrected chi connectivity index (χ2v) is 11.0. The minimum atomic E-state index is -1.23. The third-order valence-corrected chi connectivity index (χ3v) is 8.12. The first kappa shape index (κ1) is 27.4. The van der Waals surface area contributed by atoms with E-state index in [0.29, 0.717) is 22.8 Å². The van der Waals surface area contributed by atoms with Gasteiger partial charge in [0.05, 0.1) is 30.0 Å². The van der Waals surface area contributed by atoms with Gasteiger partial charge in [-0.1, -0.05) is 23.7 Å². The molecule has 1 fully saturated rings. The summed E-state index contributed by atoms with van der Waals surface area (Å²) in [6.07, 6.45) is 3.83. The van der Waals surface area contributed by atoms with E-state index in [-0.39, 0.29) is 0 Å². The van der Waals surface area contributed by atoms with Crippen LogP contribution in [0.5, 0.6) is 5.75 Å². The molecule has 37 heavy (non-hydrogen) atoms. The quantitative estimate of drug-likeness (QED) is 0.326. The number of benzene rings is 2. The van der Waals surface area contributed by atoms with E-state index in [2.05, 4.69) is 50.6 Å². The van der Waals surface area contributed by atoms with Crippen molar-refractivity contribution >= 4 is 54.1 Å². The van der Waals surface area contributed by atoms with Crippen molar-refractivity contribution in [2.24, 2.45) is 0 Å². The first-order chi connectivity index (χ1) is 17.9. The van der Waals surface area contributed by atoms with Crippen molar-refractivity contribution in [3.05, 3.63) is 53.7 Å². The lowest BCUT2D eigenvalue weighted by Gasteiger charge is -2.37. The Bertz CT molecular complexity index is 1190. The van der Waals surface area contributed by atoms with Crippen molar-refractivity contribution in [3.63, 3.8) is 0 Å². The standard InChI is InChI=1S/C26H34ClN6O3P/c1-32(2)19-12-14-33(15-13-19)22-11-10-18(16-23(22)34-3)29-26-28-17-20(27)25(31-26)30-21-8-6-7-9-24(21)37(35-4)36-5/h6-11,16-17,19H,12-15H2,1-5H3,(H2,28,29,30,31). The van der Waals surface area contributed by atoms with Gasteiger partial charge in [-0.3, -0.25) is 0 Å². The molecule has 1 aromatic heterocycles. The zero-order chi connectivity index (χ0) is 26.4. The highest BCUT2D eigenvalue weighted by atomic mass is 35.5. The van der Waals surface area contributed by atoms with Gasteiger partial charge in [0.15, 0.2) is 5.82 Å². The molecule has 1 saturated heterocycles. The Morgan fingerprint density at radius 3 is 2.43 bits per heavy atom. The minimum Gasteiger partial charge on any atom is -0.495 e. The molecule has 198 valence electrons. The smallest absolute Gasteiger partial charge is 0.229 e. The number of nitrogens with zero attached hydrogens (tertiary/aromatic N) is 4. The molecule has 0 amide bonds. The van der Waals surface area contributed by atoms with Crippen molar-refractivity contribution in [1.29, 1.82) is 0 Å². The Kier molecular flexibility index (Phi) is 9.40. The average Bonchev–Trinajstić information content (AvgIpc) is 2.92. The van der Waals surface area contributed by atoms with Crippen LogP contribution in [0.1, 0.15) is 12.8 Å². The lowest BCUT2D eigenvalue weighted by molar-refractivity contribution is 0.249. The predicted octanol–water partition coefficient (Wildman–Crippen LogP) is 5.39. The van der Waals surface area contributed by atoms with Crippen LogP contribution in [0.15, 0.2) is 48.7 Å². The maximum Gasteiger partial charge on any atom is 0.229 e. The zero-order valence-electron chi connectivity index (χ0n) is 21.9. The minimum absolute atomic E-state index is 0.397. The first-order valence-electron chi connectivity index (χ1n) is 12.1. The fourth-order valence-corrected chi connectivity index (χ4v) is 5.64. The zero-order valence-corrected chi connectivity index (χ0v) is 23.5. The van der Waals surface area contributed by atoms with Crippen LogP contribution in [0.4, 0.5) is 28.8 Å².